The highest BCUT2D eigenvalue weighted by Crippen LogP contribution is 2.27. The zero-order chi connectivity index (χ0) is 14.2. The first-order valence-electron chi connectivity index (χ1n) is 7.60. The molecule has 0 fully saturated rings. The van der Waals surface area contributed by atoms with E-state index < -0.39 is 0 Å². The van der Waals surface area contributed by atoms with Crippen LogP contribution < -0.4 is 5.32 Å². The van der Waals surface area contributed by atoms with Gasteiger partial charge in [0.05, 0.1) is 0 Å². The van der Waals surface area contributed by atoms with Gasteiger partial charge in [-0.05, 0) is 56.8 Å². The average Bonchev–Trinajstić information content (AvgIpc) is 2.48. The van der Waals surface area contributed by atoms with Crippen LogP contribution in [0.5, 0.6) is 0 Å². The molecule has 0 spiro atoms. The van der Waals surface area contributed by atoms with E-state index in [1.54, 1.807) is 5.57 Å². The Morgan fingerprint density at radius 1 is 1.35 bits per heavy atom. The van der Waals surface area contributed by atoms with E-state index in [1.165, 1.54) is 37.0 Å². The molecule has 0 saturated heterocycles. The van der Waals surface area contributed by atoms with E-state index in [9.17, 15) is 0 Å². The summed E-state index contributed by atoms with van der Waals surface area (Å²) in [5.41, 5.74) is 1.61. The summed E-state index contributed by atoms with van der Waals surface area (Å²) in [6.07, 6.45) is 8.85. The minimum Gasteiger partial charge on any atom is -0.310 e. The van der Waals surface area contributed by atoms with Gasteiger partial charge in [0.15, 0.2) is 0 Å². The standard InChI is InChI=1S/C17H24ClNS/c1-2-11-19-17(14-7-4-3-5-8-14)13-20-16-10-6-9-15(18)12-16/h6-7,9-10,12,17,19H,2-5,8,11,13H2,1H3. The Morgan fingerprint density at radius 2 is 2.25 bits per heavy atom. The van der Waals surface area contributed by atoms with Crippen LogP contribution in [0.4, 0.5) is 0 Å². The maximum Gasteiger partial charge on any atom is 0.0417 e. The second-order valence-electron chi connectivity index (χ2n) is 5.30. The molecule has 0 bridgehead atoms. The van der Waals surface area contributed by atoms with Crippen molar-refractivity contribution >= 4 is 23.4 Å². The third-order valence-electron chi connectivity index (χ3n) is 3.63. The van der Waals surface area contributed by atoms with E-state index in [-0.39, 0.29) is 0 Å². The molecule has 1 aromatic carbocycles. The van der Waals surface area contributed by atoms with Crippen molar-refractivity contribution in [1.29, 1.82) is 0 Å². The molecule has 1 aliphatic rings. The number of rotatable bonds is 7. The molecule has 20 heavy (non-hydrogen) atoms. The maximum absolute atomic E-state index is 6.05. The summed E-state index contributed by atoms with van der Waals surface area (Å²) in [7, 11) is 0. The molecule has 0 radical (unpaired) electrons. The summed E-state index contributed by atoms with van der Waals surface area (Å²) in [4.78, 5) is 1.26. The van der Waals surface area contributed by atoms with Crippen molar-refractivity contribution in [3.63, 3.8) is 0 Å². The van der Waals surface area contributed by atoms with Crippen molar-refractivity contribution in [2.24, 2.45) is 0 Å². The largest absolute Gasteiger partial charge is 0.310 e. The molecule has 0 aliphatic heterocycles. The van der Waals surface area contributed by atoms with Crippen molar-refractivity contribution < 1.29 is 0 Å². The van der Waals surface area contributed by atoms with Gasteiger partial charge in [-0.2, -0.15) is 0 Å². The highest BCUT2D eigenvalue weighted by molar-refractivity contribution is 7.99. The van der Waals surface area contributed by atoms with E-state index in [0.29, 0.717) is 6.04 Å². The topological polar surface area (TPSA) is 12.0 Å². The molecule has 1 unspecified atom stereocenters. The zero-order valence-electron chi connectivity index (χ0n) is 12.2. The molecule has 1 atom stereocenters. The monoisotopic (exact) mass is 309 g/mol. The van der Waals surface area contributed by atoms with Gasteiger partial charge < -0.3 is 5.32 Å². The summed E-state index contributed by atoms with van der Waals surface area (Å²) >= 11 is 7.95. The van der Waals surface area contributed by atoms with Crippen molar-refractivity contribution in [2.45, 2.75) is 50.0 Å². The van der Waals surface area contributed by atoms with E-state index in [4.69, 9.17) is 11.6 Å². The van der Waals surface area contributed by atoms with Gasteiger partial charge in [0.1, 0.15) is 0 Å². The SMILES string of the molecule is CCCNC(CSc1cccc(Cl)c1)C1=CCCCC1. The molecule has 1 aliphatic carbocycles. The van der Waals surface area contributed by atoms with Gasteiger partial charge >= 0.3 is 0 Å². The van der Waals surface area contributed by atoms with E-state index in [1.807, 2.05) is 23.9 Å². The quantitative estimate of drug-likeness (QED) is 0.542. The van der Waals surface area contributed by atoms with Crippen LogP contribution in [-0.4, -0.2) is 18.3 Å². The smallest absolute Gasteiger partial charge is 0.0417 e. The Balaban J connectivity index is 1.94. The molecule has 1 nitrogen and oxygen atoms in total. The van der Waals surface area contributed by atoms with Gasteiger partial charge in [-0.3, -0.25) is 0 Å². The first-order chi connectivity index (χ1) is 9.79. The molecule has 1 N–H and O–H groups in total. The van der Waals surface area contributed by atoms with Gasteiger partial charge in [0.2, 0.25) is 0 Å². The van der Waals surface area contributed by atoms with Crippen LogP contribution in [0.3, 0.4) is 0 Å². The number of allylic oxidation sites excluding steroid dienone is 1. The van der Waals surface area contributed by atoms with Crippen molar-refractivity contribution in [2.75, 3.05) is 12.3 Å². The Bertz CT molecular complexity index is 444. The summed E-state index contributed by atoms with van der Waals surface area (Å²) < 4.78 is 0. The van der Waals surface area contributed by atoms with Gasteiger partial charge in [0.25, 0.3) is 0 Å². The number of nitrogens with one attached hydrogen (secondary N) is 1. The fourth-order valence-corrected chi connectivity index (χ4v) is 3.86. The predicted octanol–water partition coefficient (Wildman–Crippen LogP) is 5.30. The Morgan fingerprint density at radius 3 is 2.95 bits per heavy atom. The number of thioether (sulfide) groups is 1. The molecule has 0 amide bonds. The van der Waals surface area contributed by atoms with Crippen LogP contribution in [0.1, 0.15) is 39.0 Å². The number of hydrogen-bond donors (Lipinski definition) is 1. The average molecular weight is 310 g/mol. The Kier molecular flexibility index (Phi) is 6.98. The first kappa shape index (κ1) is 15.9. The number of halogens is 1. The lowest BCUT2D eigenvalue weighted by Crippen LogP contribution is -2.34. The molecular weight excluding hydrogens is 286 g/mol. The molecule has 2 rings (SSSR count). The minimum absolute atomic E-state index is 0.513. The van der Waals surface area contributed by atoms with E-state index in [2.05, 4.69) is 30.4 Å². The predicted molar refractivity (Wildman–Crippen MR) is 90.8 cm³/mol. The third kappa shape index (κ3) is 5.16. The molecule has 110 valence electrons. The van der Waals surface area contributed by atoms with Gasteiger partial charge in [0, 0.05) is 21.7 Å². The van der Waals surface area contributed by atoms with Crippen LogP contribution in [0, 0.1) is 0 Å². The zero-order valence-corrected chi connectivity index (χ0v) is 13.8. The summed E-state index contributed by atoms with van der Waals surface area (Å²) in [5, 5.41) is 4.53. The Hall–Kier alpha value is -0.440. The lowest BCUT2D eigenvalue weighted by molar-refractivity contribution is 0.562. The summed E-state index contributed by atoms with van der Waals surface area (Å²) in [6, 6.07) is 8.67. The normalized spacial score (nSPS) is 16.8. The Labute approximate surface area is 132 Å². The molecule has 0 saturated carbocycles. The van der Waals surface area contributed by atoms with Crippen molar-refractivity contribution in [3.8, 4) is 0 Å². The molecule has 0 heterocycles. The number of benzene rings is 1. The minimum atomic E-state index is 0.513. The van der Waals surface area contributed by atoms with Crippen LogP contribution in [0.15, 0.2) is 40.8 Å². The highest BCUT2D eigenvalue weighted by Gasteiger charge is 2.15. The lowest BCUT2D eigenvalue weighted by atomic mass is 9.94. The maximum atomic E-state index is 6.05. The van der Waals surface area contributed by atoms with Crippen molar-refractivity contribution in [1.82, 2.24) is 5.32 Å². The highest BCUT2D eigenvalue weighted by atomic mass is 35.5. The van der Waals surface area contributed by atoms with Gasteiger partial charge in [-0.1, -0.05) is 36.2 Å². The fourth-order valence-electron chi connectivity index (χ4n) is 2.53. The fraction of sp³-hybridized carbons (Fsp3) is 0.529. The van der Waals surface area contributed by atoms with Crippen LogP contribution >= 0.6 is 23.4 Å². The summed E-state index contributed by atoms with van der Waals surface area (Å²) in [6.45, 7) is 3.32. The third-order valence-corrected chi connectivity index (χ3v) is 4.95. The lowest BCUT2D eigenvalue weighted by Gasteiger charge is -2.24. The van der Waals surface area contributed by atoms with Gasteiger partial charge in [-0.25, -0.2) is 0 Å². The van der Waals surface area contributed by atoms with E-state index in [0.717, 1.165) is 17.3 Å². The van der Waals surface area contributed by atoms with Crippen LogP contribution in [0.2, 0.25) is 5.02 Å². The molecular formula is C17H24ClNS. The van der Waals surface area contributed by atoms with Crippen LogP contribution in [-0.2, 0) is 0 Å². The molecule has 3 heteroatoms. The van der Waals surface area contributed by atoms with Crippen molar-refractivity contribution in [3.05, 3.63) is 40.9 Å². The molecule has 1 aromatic rings. The van der Waals surface area contributed by atoms with Gasteiger partial charge in [-0.15, -0.1) is 11.8 Å². The van der Waals surface area contributed by atoms with E-state index >= 15 is 0 Å². The van der Waals surface area contributed by atoms with Crippen LogP contribution in [0.25, 0.3) is 0 Å². The number of hydrogen-bond acceptors (Lipinski definition) is 2. The summed E-state index contributed by atoms with van der Waals surface area (Å²) in [5.74, 6) is 1.09. The second-order valence-corrected chi connectivity index (χ2v) is 6.83. The second kappa shape index (κ2) is 8.76. The first-order valence-corrected chi connectivity index (χ1v) is 8.96. The molecule has 0 aromatic heterocycles.